The Bertz CT molecular complexity index is 379. The van der Waals surface area contributed by atoms with Gasteiger partial charge in [-0.25, -0.2) is 0 Å². The fraction of sp³-hybridized carbons (Fsp3) is 0.167. The molecule has 1 aromatic heterocycles. The van der Waals surface area contributed by atoms with Crippen molar-refractivity contribution in [3.8, 4) is 10.0 Å². The van der Waals surface area contributed by atoms with Crippen LogP contribution in [0.25, 0.3) is 10.0 Å². The molecular weight excluding hydrogens is 223 g/mol. The molecule has 0 radical (unpaired) electrons. The van der Waals surface area contributed by atoms with E-state index in [0.29, 0.717) is 14.5 Å². The molecule has 0 bridgehead atoms. The van der Waals surface area contributed by atoms with E-state index in [-0.39, 0.29) is 0 Å². The van der Waals surface area contributed by atoms with Crippen molar-refractivity contribution < 1.29 is 0 Å². The van der Waals surface area contributed by atoms with Crippen LogP contribution in [-0.4, -0.2) is 14.5 Å². The second-order valence-electron chi connectivity index (χ2n) is 3.24. The number of aryl methyl sites for hydroxylation is 2. The summed E-state index contributed by atoms with van der Waals surface area (Å²) in [4.78, 5) is 2.27. The van der Waals surface area contributed by atoms with Crippen molar-refractivity contribution in [3.05, 3.63) is 46.4 Å². The Morgan fingerprint density at radius 3 is 2.15 bits per heavy atom. The van der Waals surface area contributed by atoms with Gasteiger partial charge in [-0.2, -0.15) is 0 Å². The maximum absolute atomic E-state index is 2.27. The number of hydrogen-bond acceptors (Lipinski definition) is 0. The minimum absolute atomic E-state index is 0.552. The molecule has 1 heterocycles. The third-order valence-corrected chi connectivity index (χ3v) is 4.11. The van der Waals surface area contributed by atoms with Gasteiger partial charge in [0.1, 0.15) is 0 Å². The molecule has 1 aromatic carbocycles. The quantitative estimate of drug-likeness (QED) is 0.666. The van der Waals surface area contributed by atoms with Crippen LogP contribution in [0.5, 0.6) is 0 Å². The van der Waals surface area contributed by atoms with E-state index in [1.807, 2.05) is 0 Å². The van der Waals surface area contributed by atoms with Gasteiger partial charge in [0.15, 0.2) is 0 Å². The van der Waals surface area contributed by atoms with E-state index in [1.54, 1.807) is 0 Å². The van der Waals surface area contributed by atoms with Gasteiger partial charge in [0.05, 0.1) is 0 Å². The zero-order valence-corrected chi connectivity index (χ0v) is 9.59. The normalized spacial score (nSPS) is 10.3. The monoisotopic (exact) mass is 236 g/mol. The molecule has 1 heteroatoms. The van der Waals surface area contributed by atoms with Crippen molar-refractivity contribution in [1.29, 1.82) is 0 Å². The van der Waals surface area contributed by atoms with Crippen LogP contribution < -0.4 is 0 Å². The molecule has 0 spiro atoms. The second kappa shape index (κ2) is 3.53. The summed E-state index contributed by atoms with van der Waals surface area (Å²) in [6, 6.07) is 10.9. The van der Waals surface area contributed by atoms with Gasteiger partial charge in [0.2, 0.25) is 0 Å². The number of rotatable bonds is 1. The summed E-state index contributed by atoms with van der Waals surface area (Å²) in [7, 11) is 0. The summed E-state index contributed by atoms with van der Waals surface area (Å²) < 4.78 is 1.52. The first-order valence-electron chi connectivity index (χ1n) is 4.39. The predicted octanol–water partition coefficient (Wildman–Crippen LogP) is 3.03. The molecule has 0 N–H and O–H groups in total. The van der Waals surface area contributed by atoms with Crippen LogP contribution in [0.15, 0.2) is 35.3 Å². The van der Waals surface area contributed by atoms with E-state index in [4.69, 9.17) is 0 Å². The van der Waals surface area contributed by atoms with Gasteiger partial charge < -0.3 is 0 Å². The summed E-state index contributed by atoms with van der Waals surface area (Å²) in [6.07, 6.45) is 0. The van der Waals surface area contributed by atoms with Crippen molar-refractivity contribution in [2.75, 3.05) is 0 Å². The van der Waals surface area contributed by atoms with Crippen LogP contribution >= 0.6 is 0 Å². The summed E-state index contributed by atoms with van der Waals surface area (Å²) in [6.45, 7) is 4.38. The molecule has 0 aliphatic heterocycles. The molecule has 0 atom stereocenters. The third-order valence-electron chi connectivity index (χ3n) is 2.25. The van der Waals surface area contributed by atoms with E-state index >= 15 is 0 Å². The van der Waals surface area contributed by atoms with Crippen LogP contribution in [0, 0.1) is 13.8 Å². The molecule has 0 saturated carbocycles. The molecule has 0 aliphatic rings. The standard InChI is InChI=1S/C12H12Se/c1-9-5-3-6-10(2)12(9)11-7-4-8-13-11/h3-8H,1-2H3. The molecule has 0 saturated heterocycles. The molecule has 0 aliphatic carbocycles. The van der Waals surface area contributed by atoms with Gasteiger partial charge in [0.25, 0.3) is 0 Å². The van der Waals surface area contributed by atoms with Crippen molar-refractivity contribution in [3.63, 3.8) is 0 Å². The predicted molar refractivity (Wildman–Crippen MR) is 58.3 cm³/mol. The number of hydrogen-bond donors (Lipinski definition) is 0. The second-order valence-corrected chi connectivity index (χ2v) is 5.23. The average molecular weight is 235 g/mol. The summed E-state index contributed by atoms with van der Waals surface area (Å²) in [5, 5.41) is 0. The summed E-state index contributed by atoms with van der Waals surface area (Å²) in [5.41, 5.74) is 4.26. The zero-order valence-electron chi connectivity index (χ0n) is 7.87. The molecule has 0 fully saturated rings. The van der Waals surface area contributed by atoms with Gasteiger partial charge in [-0.1, -0.05) is 0 Å². The minimum atomic E-state index is 0.552. The van der Waals surface area contributed by atoms with Gasteiger partial charge >= 0.3 is 84.8 Å². The Labute approximate surface area is 85.0 Å². The van der Waals surface area contributed by atoms with E-state index in [0.717, 1.165) is 0 Å². The van der Waals surface area contributed by atoms with E-state index in [9.17, 15) is 0 Å². The fourth-order valence-electron chi connectivity index (χ4n) is 1.62. The van der Waals surface area contributed by atoms with Gasteiger partial charge in [-0.05, 0) is 0 Å². The molecule has 2 aromatic rings. The van der Waals surface area contributed by atoms with Crippen molar-refractivity contribution >= 4 is 14.5 Å². The topological polar surface area (TPSA) is 0 Å². The first-order chi connectivity index (χ1) is 6.29. The van der Waals surface area contributed by atoms with Crippen molar-refractivity contribution in [2.24, 2.45) is 0 Å². The molecule has 13 heavy (non-hydrogen) atoms. The first-order valence-corrected chi connectivity index (χ1v) is 6.23. The van der Waals surface area contributed by atoms with Gasteiger partial charge in [0, 0.05) is 0 Å². The van der Waals surface area contributed by atoms with Gasteiger partial charge in [-0.15, -0.1) is 0 Å². The maximum atomic E-state index is 2.27. The molecule has 0 unspecified atom stereocenters. The van der Waals surface area contributed by atoms with Crippen LogP contribution in [0.1, 0.15) is 11.1 Å². The van der Waals surface area contributed by atoms with Gasteiger partial charge in [-0.3, -0.25) is 0 Å². The molecule has 2 rings (SSSR count). The zero-order chi connectivity index (χ0) is 9.26. The summed E-state index contributed by atoms with van der Waals surface area (Å²) >= 11 is 0.552. The Morgan fingerprint density at radius 2 is 1.62 bits per heavy atom. The van der Waals surface area contributed by atoms with Crippen LogP contribution in [0.2, 0.25) is 0 Å². The van der Waals surface area contributed by atoms with Crippen molar-refractivity contribution in [2.45, 2.75) is 13.8 Å². The fourth-order valence-corrected chi connectivity index (χ4v) is 3.51. The van der Waals surface area contributed by atoms with Crippen LogP contribution in [-0.2, 0) is 0 Å². The van der Waals surface area contributed by atoms with E-state index in [1.165, 1.54) is 21.1 Å². The van der Waals surface area contributed by atoms with Crippen LogP contribution in [0.3, 0.4) is 0 Å². The molecule has 0 amide bonds. The average Bonchev–Trinajstić information content (AvgIpc) is 2.57. The first kappa shape index (κ1) is 8.80. The number of benzene rings is 1. The Kier molecular flexibility index (Phi) is 2.39. The molecule has 66 valence electrons. The SMILES string of the molecule is Cc1cccc(C)c1-c1ccc[se]1. The Balaban J connectivity index is 2.64. The third kappa shape index (κ3) is 1.63. The van der Waals surface area contributed by atoms with E-state index < -0.39 is 0 Å². The Hall–Kier alpha value is -0.781. The Morgan fingerprint density at radius 1 is 0.923 bits per heavy atom. The molecule has 0 nitrogen and oxygen atoms in total. The van der Waals surface area contributed by atoms with E-state index in [2.05, 4.69) is 49.1 Å². The summed E-state index contributed by atoms with van der Waals surface area (Å²) in [5.74, 6) is 0. The van der Waals surface area contributed by atoms with Crippen LogP contribution in [0.4, 0.5) is 0 Å². The van der Waals surface area contributed by atoms with Crippen molar-refractivity contribution in [1.82, 2.24) is 0 Å². The molecular formula is C12H12Se.